The largest absolute Gasteiger partial charge is 0.461 e. The average molecular weight is 394 g/mol. The number of Topliss-reactive ketones (excluding diaryl/α,β-unsaturated/α-hetero) is 1. The maximum absolute atomic E-state index is 13.6. The Kier molecular flexibility index (Phi) is 3.91. The van der Waals surface area contributed by atoms with Crippen molar-refractivity contribution in [2.24, 2.45) is 39.9 Å². The Morgan fingerprint density at radius 1 is 1.21 bits per heavy atom. The predicted molar refractivity (Wildman–Crippen MR) is 95.8 cm³/mol. The van der Waals surface area contributed by atoms with Crippen molar-refractivity contribution in [3.05, 3.63) is 0 Å². The average Bonchev–Trinajstić information content (AvgIpc) is 3.08. The number of aliphatic hydroxyl groups excluding tert-OH is 2. The van der Waals surface area contributed by atoms with Crippen LogP contribution < -0.4 is 0 Å². The van der Waals surface area contributed by atoms with Crippen LogP contribution in [0, 0.1) is 39.9 Å². The molecule has 1 unspecified atom stereocenters. The van der Waals surface area contributed by atoms with Gasteiger partial charge >= 0.3 is 5.97 Å². The van der Waals surface area contributed by atoms with Gasteiger partial charge in [0.25, 0.3) is 0 Å². The molecule has 0 aromatic carbocycles. The van der Waals surface area contributed by atoms with Crippen molar-refractivity contribution < 1.29 is 34.0 Å². The number of carbonyl (C=O) groups excluding carboxylic acids is 2. The highest BCUT2D eigenvalue weighted by atomic mass is 16.6. The van der Waals surface area contributed by atoms with E-state index in [4.69, 9.17) is 14.2 Å². The molecule has 5 aliphatic rings. The highest BCUT2D eigenvalue weighted by molar-refractivity contribution is 6.08. The zero-order chi connectivity index (χ0) is 20.1. The van der Waals surface area contributed by atoms with Crippen molar-refractivity contribution in [3.63, 3.8) is 0 Å². The van der Waals surface area contributed by atoms with Crippen molar-refractivity contribution in [2.75, 3.05) is 20.3 Å². The number of ketones is 1. The minimum absolute atomic E-state index is 0.0819. The molecular formula is C21H30O7. The zero-order valence-electron chi connectivity index (χ0n) is 16.7. The van der Waals surface area contributed by atoms with Gasteiger partial charge in [-0.1, -0.05) is 13.8 Å². The number of methoxy groups -OCH3 is 1. The molecule has 7 nitrogen and oxygen atoms in total. The van der Waals surface area contributed by atoms with Crippen LogP contribution in [0.15, 0.2) is 0 Å². The number of carbonyl (C=O) groups is 2. The Bertz CT molecular complexity index is 720. The van der Waals surface area contributed by atoms with E-state index in [1.54, 1.807) is 7.11 Å². The number of aliphatic hydroxyl groups is 2. The number of fused-ring (bicyclic) bond motifs is 1. The maximum Gasteiger partial charge on any atom is 0.320 e. The summed E-state index contributed by atoms with van der Waals surface area (Å²) in [6, 6.07) is 0. The van der Waals surface area contributed by atoms with Gasteiger partial charge in [0.2, 0.25) is 0 Å². The Hall–Kier alpha value is -1.02. The van der Waals surface area contributed by atoms with Gasteiger partial charge in [0, 0.05) is 30.3 Å². The molecule has 2 spiro atoms. The van der Waals surface area contributed by atoms with E-state index in [1.165, 1.54) is 0 Å². The smallest absolute Gasteiger partial charge is 0.320 e. The number of ether oxygens (including phenoxy) is 3. The Morgan fingerprint density at radius 3 is 2.68 bits per heavy atom. The molecule has 3 saturated carbocycles. The van der Waals surface area contributed by atoms with Crippen LogP contribution in [0.5, 0.6) is 0 Å². The Balaban J connectivity index is 1.69. The maximum atomic E-state index is 13.6. The molecule has 2 bridgehead atoms. The monoisotopic (exact) mass is 394 g/mol. The standard InChI is InChI=1S/C21H30O7/c1-19(2)5-4-13-21(9-27-17(24)15(19)21)14-12(22)6-10-7-20(14,18(25)28-13)16(23)11(10)8-26-3/h10-15,17,22,24H,4-9H2,1-3H3/t10-,11-,12?,13+,14-,15-,17-,20+,21+/m1/s1. The zero-order valence-corrected chi connectivity index (χ0v) is 16.7. The van der Waals surface area contributed by atoms with Gasteiger partial charge in [0.05, 0.1) is 19.3 Å². The second-order valence-electron chi connectivity index (χ2n) is 10.4. The van der Waals surface area contributed by atoms with Gasteiger partial charge in [-0.2, -0.15) is 0 Å². The number of rotatable bonds is 2. The van der Waals surface area contributed by atoms with Crippen LogP contribution in [0.3, 0.4) is 0 Å². The van der Waals surface area contributed by atoms with Crippen LogP contribution in [0.4, 0.5) is 0 Å². The molecule has 2 heterocycles. The SMILES string of the molecule is COC[C@H]1C(=O)[C@]23C[C@H]1CC(O)[C@H]2[C@@]12CO[C@@H](O)[C@@H]1C(C)(C)CC[C@@H]2OC3=O. The van der Waals surface area contributed by atoms with Crippen molar-refractivity contribution in [1.29, 1.82) is 0 Å². The summed E-state index contributed by atoms with van der Waals surface area (Å²) in [5.74, 6) is -2.00. The lowest BCUT2D eigenvalue weighted by molar-refractivity contribution is -0.251. The lowest BCUT2D eigenvalue weighted by Crippen LogP contribution is -2.70. The summed E-state index contributed by atoms with van der Waals surface area (Å²) in [4.78, 5) is 26.9. The summed E-state index contributed by atoms with van der Waals surface area (Å²) in [7, 11) is 1.55. The quantitative estimate of drug-likeness (QED) is 0.530. The van der Waals surface area contributed by atoms with Crippen molar-refractivity contribution >= 4 is 11.8 Å². The number of hydrogen-bond acceptors (Lipinski definition) is 7. The van der Waals surface area contributed by atoms with Gasteiger partial charge in [0.15, 0.2) is 12.1 Å². The van der Waals surface area contributed by atoms with Crippen LogP contribution in [0.25, 0.3) is 0 Å². The predicted octanol–water partition coefficient (Wildman–Crippen LogP) is 0.902. The van der Waals surface area contributed by atoms with E-state index < -0.39 is 47.1 Å². The fraction of sp³-hybridized carbons (Fsp3) is 0.905. The fourth-order valence-corrected chi connectivity index (χ4v) is 7.92. The Labute approximate surface area is 164 Å². The molecule has 7 heteroatoms. The van der Waals surface area contributed by atoms with Crippen LogP contribution in [-0.2, 0) is 23.8 Å². The van der Waals surface area contributed by atoms with E-state index in [1.807, 2.05) is 0 Å². The number of hydrogen-bond donors (Lipinski definition) is 2. The van der Waals surface area contributed by atoms with Gasteiger partial charge in [-0.05, 0) is 37.0 Å². The molecule has 0 radical (unpaired) electrons. The second kappa shape index (κ2) is 5.78. The van der Waals surface area contributed by atoms with E-state index in [9.17, 15) is 19.8 Å². The molecule has 5 rings (SSSR count). The van der Waals surface area contributed by atoms with E-state index in [-0.39, 0.29) is 36.2 Å². The summed E-state index contributed by atoms with van der Waals surface area (Å²) >= 11 is 0. The van der Waals surface area contributed by atoms with Crippen LogP contribution >= 0.6 is 0 Å². The van der Waals surface area contributed by atoms with Crippen molar-refractivity contribution in [2.45, 2.75) is 58.0 Å². The second-order valence-corrected chi connectivity index (χ2v) is 10.4. The highest BCUT2D eigenvalue weighted by Crippen LogP contribution is 2.71. The lowest BCUT2D eigenvalue weighted by Gasteiger charge is -2.62. The lowest BCUT2D eigenvalue weighted by atomic mass is 9.43. The first kappa shape index (κ1) is 19.0. The third-order valence-electron chi connectivity index (χ3n) is 8.79. The first-order chi connectivity index (χ1) is 13.2. The molecular weight excluding hydrogens is 364 g/mol. The van der Waals surface area contributed by atoms with E-state index in [2.05, 4.69) is 13.8 Å². The van der Waals surface area contributed by atoms with Gasteiger partial charge in [-0.15, -0.1) is 0 Å². The molecule has 2 aliphatic heterocycles. The van der Waals surface area contributed by atoms with Crippen molar-refractivity contribution in [3.8, 4) is 0 Å². The summed E-state index contributed by atoms with van der Waals surface area (Å²) in [6.07, 6.45) is 0.0922. The van der Waals surface area contributed by atoms with Crippen molar-refractivity contribution in [1.82, 2.24) is 0 Å². The summed E-state index contributed by atoms with van der Waals surface area (Å²) < 4.78 is 17.0. The molecule has 0 aromatic heterocycles. The van der Waals surface area contributed by atoms with Gasteiger partial charge in [0.1, 0.15) is 11.5 Å². The fourth-order valence-electron chi connectivity index (χ4n) is 7.92. The first-order valence-corrected chi connectivity index (χ1v) is 10.4. The Morgan fingerprint density at radius 2 is 1.96 bits per heavy atom. The number of esters is 1. The topological polar surface area (TPSA) is 102 Å². The summed E-state index contributed by atoms with van der Waals surface area (Å²) in [6.45, 7) is 4.65. The van der Waals surface area contributed by atoms with E-state index >= 15 is 0 Å². The molecule has 2 N–H and O–H groups in total. The summed E-state index contributed by atoms with van der Waals surface area (Å²) in [5.41, 5.74) is -2.33. The third kappa shape index (κ3) is 1.99. The molecule has 3 aliphatic carbocycles. The molecule has 2 saturated heterocycles. The van der Waals surface area contributed by atoms with Gasteiger partial charge in [-0.25, -0.2) is 0 Å². The molecule has 0 aromatic rings. The molecule has 0 amide bonds. The van der Waals surface area contributed by atoms with Gasteiger partial charge < -0.3 is 24.4 Å². The minimum atomic E-state index is -1.35. The van der Waals surface area contributed by atoms with Crippen LogP contribution in [-0.4, -0.2) is 60.8 Å². The third-order valence-corrected chi connectivity index (χ3v) is 8.79. The van der Waals surface area contributed by atoms with E-state index in [0.717, 1.165) is 6.42 Å². The highest BCUT2D eigenvalue weighted by Gasteiger charge is 2.79. The molecule has 9 atom stereocenters. The first-order valence-electron chi connectivity index (χ1n) is 10.4. The molecule has 5 fully saturated rings. The van der Waals surface area contributed by atoms with Crippen LogP contribution in [0.1, 0.15) is 39.5 Å². The molecule has 28 heavy (non-hydrogen) atoms. The summed E-state index contributed by atoms with van der Waals surface area (Å²) in [5, 5.41) is 22.1. The normalized spacial score (nSPS) is 54.0. The molecule has 156 valence electrons. The van der Waals surface area contributed by atoms with Crippen LogP contribution in [0.2, 0.25) is 0 Å². The minimum Gasteiger partial charge on any atom is -0.461 e. The van der Waals surface area contributed by atoms with E-state index in [0.29, 0.717) is 19.3 Å². The van der Waals surface area contributed by atoms with Gasteiger partial charge in [-0.3, -0.25) is 9.59 Å².